The lowest BCUT2D eigenvalue weighted by atomic mass is 10.3. The predicted octanol–water partition coefficient (Wildman–Crippen LogP) is 1.90. The van der Waals surface area contributed by atoms with Gasteiger partial charge in [-0.05, 0) is 22.0 Å². The van der Waals surface area contributed by atoms with Crippen LogP contribution in [0.3, 0.4) is 0 Å². The third-order valence-corrected chi connectivity index (χ3v) is 2.43. The Bertz CT molecular complexity index is 654. The van der Waals surface area contributed by atoms with E-state index in [-0.39, 0.29) is 23.5 Å². The quantitative estimate of drug-likeness (QED) is 0.607. The molecule has 2 aromatic heterocycles. The Hall–Kier alpha value is -2.97. The Kier molecular flexibility index (Phi) is 4.12. The summed E-state index contributed by atoms with van der Waals surface area (Å²) in [6.07, 6.45) is 0. The van der Waals surface area contributed by atoms with Gasteiger partial charge < -0.3 is 24.3 Å². The number of hydrogen-bond donors (Lipinski definition) is 0. The highest BCUT2D eigenvalue weighted by atomic mass is 16.6. The van der Waals surface area contributed by atoms with Crippen LogP contribution in [0.4, 0.5) is 5.82 Å². The molecule has 0 unspecified atom stereocenters. The van der Waals surface area contributed by atoms with E-state index in [4.69, 9.17) is 14.2 Å². The molecule has 2 heterocycles. The highest BCUT2D eigenvalue weighted by Crippen LogP contribution is 2.29. The molecule has 2 rings (SSSR count). The van der Waals surface area contributed by atoms with E-state index < -0.39 is 10.7 Å². The Morgan fingerprint density at radius 3 is 2.24 bits per heavy atom. The van der Waals surface area contributed by atoms with Crippen molar-refractivity contribution in [2.75, 3.05) is 14.2 Å². The maximum Gasteiger partial charge on any atom is 0.407 e. The minimum Gasteiger partial charge on any atom is -0.481 e. The fourth-order valence-electron chi connectivity index (χ4n) is 1.48. The van der Waals surface area contributed by atoms with E-state index in [0.717, 1.165) is 0 Å². The molecule has 0 aromatic carbocycles. The molecule has 0 atom stereocenters. The van der Waals surface area contributed by atoms with Gasteiger partial charge in [-0.15, -0.1) is 0 Å². The first kappa shape index (κ1) is 14.4. The number of pyridine rings is 1. The van der Waals surface area contributed by atoms with Gasteiger partial charge in [0.15, 0.2) is 0 Å². The summed E-state index contributed by atoms with van der Waals surface area (Å²) in [6.45, 7) is 1.64. The fraction of sp³-hybridized carbons (Fsp3) is 0.250. The summed E-state index contributed by atoms with van der Waals surface area (Å²) in [5.41, 5.74) is 0.498. The smallest absolute Gasteiger partial charge is 0.407 e. The second kappa shape index (κ2) is 5.99. The SMILES string of the molecule is COc1cc(OC)nc(Oc2ccc(C)nc2[N+](=O)[O-])n1. The van der Waals surface area contributed by atoms with E-state index in [0.29, 0.717) is 5.69 Å². The molecule has 0 saturated carbocycles. The van der Waals surface area contributed by atoms with E-state index in [1.165, 1.54) is 26.4 Å². The third-order valence-electron chi connectivity index (χ3n) is 2.43. The van der Waals surface area contributed by atoms with Crippen molar-refractivity contribution >= 4 is 5.82 Å². The first-order valence-electron chi connectivity index (χ1n) is 5.80. The lowest BCUT2D eigenvalue weighted by Gasteiger charge is -2.07. The molecule has 0 amide bonds. The highest BCUT2D eigenvalue weighted by Gasteiger charge is 2.20. The van der Waals surface area contributed by atoms with Crippen LogP contribution < -0.4 is 14.2 Å². The van der Waals surface area contributed by atoms with Gasteiger partial charge in [0.25, 0.3) is 0 Å². The lowest BCUT2D eigenvalue weighted by Crippen LogP contribution is -2.01. The number of aryl methyl sites for hydroxylation is 1. The van der Waals surface area contributed by atoms with Crippen molar-refractivity contribution in [2.24, 2.45) is 0 Å². The monoisotopic (exact) mass is 292 g/mol. The molecule has 0 fully saturated rings. The van der Waals surface area contributed by atoms with Gasteiger partial charge >= 0.3 is 11.8 Å². The Morgan fingerprint density at radius 1 is 1.10 bits per heavy atom. The van der Waals surface area contributed by atoms with Crippen molar-refractivity contribution in [3.05, 3.63) is 34.0 Å². The normalized spacial score (nSPS) is 10.0. The molecule has 110 valence electrons. The number of ether oxygens (including phenoxy) is 3. The third kappa shape index (κ3) is 3.32. The molecule has 2 aromatic rings. The maximum atomic E-state index is 11.0. The number of rotatable bonds is 5. The molecule has 9 nitrogen and oxygen atoms in total. The van der Waals surface area contributed by atoms with Crippen LogP contribution in [0.2, 0.25) is 0 Å². The summed E-state index contributed by atoms with van der Waals surface area (Å²) in [4.78, 5) is 22.0. The summed E-state index contributed by atoms with van der Waals surface area (Å²) in [7, 11) is 2.84. The molecule has 9 heteroatoms. The van der Waals surface area contributed by atoms with Crippen LogP contribution in [0.15, 0.2) is 18.2 Å². The summed E-state index contributed by atoms with van der Waals surface area (Å²) in [5, 5.41) is 11.0. The van der Waals surface area contributed by atoms with E-state index in [2.05, 4.69) is 15.0 Å². The van der Waals surface area contributed by atoms with Crippen LogP contribution in [0.25, 0.3) is 0 Å². The van der Waals surface area contributed by atoms with Crippen molar-refractivity contribution in [1.29, 1.82) is 0 Å². The predicted molar refractivity (Wildman–Crippen MR) is 70.8 cm³/mol. The van der Waals surface area contributed by atoms with E-state index >= 15 is 0 Å². The molecule has 0 N–H and O–H groups in total. The molecule has 0 saturated heterocycles. The lowest BCUT2D eigenvalue weighted by molar-refractivity contribution is -0.390. The number of aromatic nitrogens is 3. The zero-order valence-corrected chi connectivity index (χ0v) is 11.6. The molecule has 0 radical (unpaired) electrons. The van der Waals surface area contributed by atoms with Crippen LogP contribution in [0.5, 0.6) is 23.5 Å². The van der Waals surface area contributed by atoms with Crippen molar-refractivity contribution in [3.8, 4) is 23.5 Å². The van der Waals surface area contributed by atoms with E-state index in [1.54, 1.807) is 13.0 Å². The zero-order chi connectivity index (χ0) is 15.4. The summed E-state index contributed by atoms with van der Waals surface area (Å²) in [5.74, 6) is -0.0690. The molecule has 0 bridgehead atoms. The first-order chi connectivity index (χ1) is 10.0. The summed E-state index contributed by atoms with van der Waals surface area (Å²) < 4.78 is 15.3. The minimum atomic E-state index is -0.639. The van der Waals surface area contributed by atoms with Crippen LogP contribution in [0, 0.1) is 17.0 Å². The number of nitro groups is 1. The fourth-order valence-corrected chi connectivity index (χ4v) is 1.48. The van der Waals surface area contributed by atoms with Gasteiger partial charge in [-0.3, -0.25) is 0 Å². The van der Waals surface area contributed by atoms with Crippen molar-refractivity contribution in [2.45, 2.75) is 6.92 Å². The molecule has 0 aliphatic carbocycles. The second-order valence-electron chi connectivity index (χ2n) is 3.87. The number of methoxy groups -OCH3 is 2. The van der Waals surface area contributed by atoms with Crippen molar-refractivity contribution in [3.63, 3.8) is 0 Å². The first-order valence-corrected chi connectivity index (χ1v) is 5.80. The van der Waals surface area contributed by atoms with E-state index in [9.17, 15) is 10.1 Å². The van der Waals surface area contributed by atoms with E-state index in [1.807, 2.05) is 0 Å². The van der Waals surface area contributed by atoms with Gasteiger partial charge in [-0.2, -0.15) is 9.97 Å². The van der Waals surface area contributed by atoms with Crippen LogP contribution in [0.1, 0.15) is 5.69 Å². The van der Waals surface area contributed by atoms with Gasteiger partial charge in [0.05, 0.1) is 20.3 Å². The Balaban J connectivity index is 2.40. The average molecular weight is 292 g/mol. The molecular formula is C12H12N4O5. The minimum absolute atomic E-state index is 0.0686. The van der Waals surface area contributed by atoms with Gasteiger partial charge in [-0.1, -0.05) is 0 Å². The second-order valence-corrected chi connectivity index (χ2v) is 3.87. The molecule has 0 aliphatic rings. The molecular weight excluding hydrogens is 280 g/mol. The average Bonchev–Trinajstić information content (AvgIpc) is 2.48. The van der Waals surface area contributed by atoms with Crippen molar-refractivity contribution in [1.82, 2.24) is 15.0 Å². The van der Waals surface area contributed by atoms with Crippen LogP contribution in [-0.4, -0.2) is 34.1 Å². The topological polar surface area (TPSA) is 110 Å². The highest BCUT2D eigenvalue weighted by molar-refractivity contribution is 5.42. The van der Waals surface area contributed by atoms with Gasteiger partial charge in [0, 0.05) is 6.92 Å². The summed E-state index contributed by atoms with van der Waals surface area (Å²) in [6, 6.07) is 4.32. The summed E-state index contributed by atoms with van der Waals surface area (Å²) >= 11 is 0. The Morgan fingerprint density at radius 2 is 1.71 bits per heavy atom. The Labute approximate surface area is 119 Å². The standard InChI is InChI=1S/C12H12N4O5/c1-7-4-5-8(11(13-7)16(17)18)21-12-14-9(19-2)6-10(15-12)20-3/h4-6H,1-3H3. The van der Waals surface area contributed by atoms with Crippen molar-refractivity contribution < 1.29 is 19.1 Å². The van der Waals surface area contributed by atoms with Crippen LogP contribution >= 0.6 is 0 Å². The van der Waals surface area contributed by atoms with Crippen LogP contribution in [-0.2, 0) is 0 Å². The zero-order valence-electron chi connectivity index (χ0n) is 11.6. The molecule has 0 aliphatic heterocycles. The molecule has 0 spiro atoms. The van der Waals surface area contributed by atoms with Gasteiger partial charge in [0.1, 0.15) is 5.69 Å². The number of nitrogens with zero attached hydrogens (tertiary/aromatic N) is 4. The largest absolute Gasteiger partial charge is 0.481 e. The van der Waals surface area contributed by atoms with Gasteiger partial charge in [-0.25, -0.2) is 0 Å². The maximum absolute atomic E-state index is 11.0. The number of hydrogen-bond acceptors (Lipinski definition) is 8. The van der Waals surface area contributed by atoms with Gasteiger partial charge in [0.2, 0.25) is 17.5 Å². The molecule has 21 heavy (non-hydrogen) atoms.